The predicted molar refractivity (Wildman–Crippen MR) is 299 cm³/mol. The van der Waals surface area contributed by atoms with E-state index in [2.05, 4.69) is 60.5 Å². The smallest absolute Gasteiger partial charge is 0.264 e. The molecule has 0 saturated carbocycles. The van der Waals surface area contributed by atoms with Gasteiger partial charge in [0.1, 0.15) is 11.6 Å². The van der Waals surface area contributed by atoms with Crippen molar-refractivity contribution >= 4 is 0 Å². The summed E-state index contributed by atoms with van der Waals surface area (Å²) in [6, 6.07) is 33.8. The number of nitriles is 1. The molecule has 0 atom stereocenters. The molecular formula is C60H63N13O6. The Morgan fingerprint density at radius 1 is 0.582 bits per heavy atom. The molecule has 79 heavy (non-hydrogen) atoms. The monoisotopic (exact) mass is 1060 g/mol. The minimum atomic E-state index is -0.184. The summed E-state index contributed by atoms with van der Waals surface area (Å²) >= 11 is 0. The number of unbranched alkanes of at least 4 members (excludes halogenated alkanes) is 2. The molecule has 0 unspecified atom stereocenters. The molecule has 19 nitrogen and oxygen atoms in total. The highest BCUT2D eigenvalue weighted by Crippen LogP contribution is 2.31. The van der Waals surface area contributed by atoms with Gasteiger partial charge in [-0.2, -0.15) is 5.26 Å². The highest BCUT2D eigenvalue weighted by Gasteiger charge is 2.21. The lowest BCUT2D eigenvalue weighted by atomic mass is 9.96. The van der Waals surface area contributed by atoms with E-state index >= 15 is 0 Å². The standard InChI is InChI=1S/C30H32N8O3.C30H31N5O3/c1-3-4-10-27-26(29(40)38(20(2)33-27)30-31-18-23(19-32-30)41-16-7-15-39)17-21-11-13-22(14-12-21)24-8-5-6-9-25(24)28-34-36-37-35-28;1-3-4-10-28-27(17-22-11-13-23(14-12-22)26-9-6-5-8-24(26)18-31)29(37)35(21(2)34-28)30-32-19-25(20-33-30)38-16-7-15-36/h5-6,8-9,11-14,18-19,39H,3-4,7,10,15-17H2,1-2H3,(H,34,35,36,37);5-6,8-9,11-14,19-20,36H,3-4,7,10,15-17H2,1-2H3. The lowest BCUT2D eigenvalue weighted by Gasteiger charge is -2.15. The van der Waals surface area contributed by atoms with Gasteiger partial charge in [-0.25, -0.2) is 44.1 Å². The number of aromatic amines is 1. The van der Waals surface area contributed by atoms with Crippen molar-refractivity contribution in [3.8, 4) is 63.1 Å². The Labute approximate surface area is 457 Å². The molecule has 0 radical (unpaired) electrons. The molecule has 0 fully saturated rings. The van der Waals surface area contributed by atoms with E-state index in [1.54, 1.807) is 19.9 Å². The second kappa shape index (κ2) is 27.8. The molecule has 0 spiro atoms. The maximum Gasteiger partial charge on any atom is 0.264 e. The molecule has 404 valence electrons. The van der Waals surface area contributed by atoms with Crippen molar-refractivity contribution in [2.75, 3.05) is 26.4 Å². The number of rotatable bonds is 23. The summed E-state index contributed by atoms with van der Waals surface area (Å²) in [4.78, 5) is 54.8. The minimum Gasteiger partial charge on any atom is -0.490 e. The van der Waals surface area contributed by atoms with E-state index in [9.17, 15) is 14.9 Å². The Hall–Kier alpha value is -9.12. The van der Waals surface area contributed by atoms with Gasteiger partial charge >= 0.3 is 0 Å². The van der Waals surface area contributed by atoms with Crippen molar-refractivity contribution in [3.63, 3.8) is 0 Å². The van der Waals surface area contributed by atoms with Crippen LogP contribution in [0.4, 0.5) is 0 Å². The van der Waals surface area contributed by atoms with Crippen LogP contribution in [0, 0.1) is 25.2 Å². The van der Waals surface area contributed by atoms with E-state index < -0.39 is 0 Å². The largest absolute Gasteiger partial charge is 0.490 e. The number of benzene rings is 4. The van der Waals surface area contributed by atoms with Crippen LogP contribution >= 0.6 is 0 Å². The van der Waals surface area contributed by atoms with E-state index in [1.165, 1.54) is 33.9 Å². The van der Waals surface area contributed by atoms with E-state index in [-0.39, 0.29) is 36.2 Å². The summed E-state index contributed by atoms with van der Waals surface area (Å²) in [6.45, 7) is 8.63. The van der Waals surface area contributed by atoms with Gasteiger partial charge in [0.15, 0.2) is 17.3 Å². The first-order valence-electron chi connectivity index (χ1n) is 26.5. The molecule has 0 aliphatic rings. The zero-order valence-electron chi connectivity index (χ0n) is 44.8. The normalized spacial score (nSPS) is 10.9. The average molecular weight is 1060 g/mol. The summed E-state index contributed by atoms with van der Waals surface area (Å²) < 4.78 is 13.9. The number of aromatic nitrogens is 12. The summed E-state index contributed by atoms with van der Waals surface area (Å²) in [5.74, 6) is 3.09. The molecule has 0 saturated heterocycles. The summed E-state index contributed by atoms with van der Waals surface area (Å²) in [5, 5.41) is 41.6. The van der Waals surface area contributed by atoms with Gasteiger partial charge in [-0.15, -0.1) is 5.10 Å². The molecule has 5 heterocycles. The minimum absolute atomic E-state index is 0.0439. The van der Waals surface area contributed by atoms with E-state index in [0.29, 0.717) is 84.6 Å². The number of aliphatic hydroxyl groups is 2. The van der Waals surface area contributed by atoms with Crippen molar-refractivity contribution < 1.29 is 19.7 Å². The molecule has 9 rings (SSSR count). The van der Waals surface area contributed by atoms with Crippen LogP contribution in [-0.2, 0) is 25.7 Å². The first-order valence-corrected chi connectivity index (χ1v) is 26.5. The van der Waals surface area contributed by atoms with Crippen molar-refractivity contribution in [3.05, 3.63) is 193 Å². The Kier molecular flexibility index (Phi) is 19.7. The molecule has 0 aliphatic carbocycles. The Morgan fingerprint density at radius 3 is 1.46 bits per heavy atom. The van der Waals surface area contributed by atoms with Crippen LogP contribution in [0.25, 0.3) is 45.5 Å². The van der Waals surface area contributed by atoms with Crippen LogP contribution in [-0.4, -0.2) is 96.3 Å². The topological polar surface area (TPSA) is 259 Å². The summed E-state index contributed by atoms with van der Waals surface area (Å²) in [7, 11) is 0. The molecule has 3 N–H and O–H groups in total. The average Bonchev–Trinajstić information content (AvgIpc) is 4.09. The second-order valence-electron chi connectivity index (χ2n) is 18.6. The number of nitrogens with zero attached hydrogens (tertiary/aromatic N) is 12. The van der Waals surface area contributed by atoms with Gasteiger partial charge in [-0.1, -0.05) is 118 Å². The van der Waals surface area contributed by atoms with Gasteiger partial charge in [0, 0.05) is 55.6 Å². The number of nitrogens with one attached hydrogen (secondary N) is 1. The fourth-order valence-electron chi connectivity index (χ4n) is 8.93. The van der Waals surface area contributed by atoms with Crippen LogP contribution in [0.2, 0.25) is 0 Å². The maximum atomic E-state index is 13.9. The van der Waals surface area contributed by atoms with Crippen molar-refractivity contribution in [1.29, 1.82) is 5.26 Å². The zero-order chi connectivity index (χ0) is 55.5. The zero-order valence-corrected chi connectivity index (χ0v) is 44.8. The van der Waals surface area contributed by atoms with Crippen molar-refractivity contribution in [1.82, 2.24) is 59.7 Å². The molecule has 0 bridgehead atoms. The third-order valence-corrected chi connectivity index (χ3v) is 13.0. The molecule has 5 aromatic heterocycles. The summed E-state index contributed by atoms with van der Waals surface area (Å²) in [6.07, 6.45) is 13.3. The van der Waals surface area contributed by atoms with Crippen molar-refractivity contribution in [2.45, 2.75) is 91.9 Å². The highest BCUT2D eigenvalue weighted by atomic mass is 16.5. The van der Waals surface area contributed by atoms with E-state index in [1.807, 2.05) is 91.0 Å². The lowest BCUT2D eigenvalue weighted by molar-refractivity contribution is 0.232. The van der Waals surface area contributed by atoms with Gasteiger partial charge in [0.25, 0.3) is 11.1 Å². The quantitative estimate of drug-likeness (QED) is 0.0508. The SMILES string of the molecule is CCCCc1nc(C)n(-c2ncc(OCCCO)cn2)c(=O)c1Cc1ccc(-c2ccccc2-c2nnn[nH]2)cc1.CCCCc1nc(C)n(-c2ncc(OCCCO)cn2)c(=O)c1Cc1ccc(-c2ccccc2C#N)cc1. The van der Waals surface area contributed by atoms with Crippen LogP contribution in [0.5, 0.6) is 11.5 Å². The maximum absolute atomic E-state index is 13.9. The Bertz CT molecular complexity index is 3580. The van der Waals surface area contributed by atoms with Crippen LogP contribution in [0.3, 0.4) is 0 Å². The fourth-order valence-corrected chi connectivity index (χ4v) is 8.93. The Morgan fingerprint density at radius 2 is 1.03 bits per heavy atom. The molecule has 9 aromatic rings. The second-order valence-corrected chi connectivity index (χ2v) is 18.6. The first-order chi connectivity index (χ1) is 38.6. The van der Waals surface area contributed by atoms with Crippen molar-refractivity contribution in [2.24, 2.45) is 0 Å². The molecular weight excluding hydrogens is 999 g/mol. The molecule has 0 aliphatic heterocycles. The molecule has 4 aromatic carbocycles. The summed E-state index contributed by atoms with van der Waals surface area (Å²) in [5.41, 5.74) is 9.85. The number of aryl methyl sites for hydroxylation is 4. The van der Waals surface area contributed by atoms with E-state index in [0.717, 1.165) is 88.9 Å². The fraction of sp³-hybridized carbons (Fsp3) is 0.300. The van der Waals surface area contributed by atoms with E-state index in [4.69, 9.17) is 29.7 Å². The Balaban J connectivity index is 0.000000209. The third-order valence-electron chi connectivity index (χ3n) is 13.0. The number of hydrogen-bond acceptors (Lipinski definition) is 16. The molecule has 19 heteroatoms. The van der Waals surface area contributed by atoms with Crippen LogP contribution in [0.1, 0.15) is 103 Å². The number of hydrogen-bond donors (Lipinski definition) is 3. The van der Waals surface area contributed by atoms with Gasteiger partial charge in [-0.3, -0.25) is 9.59 Å². The van der Waals surface area contributed by atoms with Gasteiger partial charge in [0.2, 0.25) is 11.9 Å². The molecule has 0 amide bonds. The first kappa shape index (κ1) is 56.1. The van der Waals surface area contributed by atoms with Gasteiger partial charge in [0.05, 0.1) is 61.0 Å². The number of tetrazole rings is 1. The number of H-pyrrole nitrogens is 1. The lowest BCUT2D eigenvalue weighted by Crippen LogP contribution is -2.29. The van der Waals surface area contributed by atoms with Crippen LogP contribution < -0.4 is 20.6 Å². The van der Waals surface area contributed by atoms with Crippen LogP contribution in [0.15, 0.2) is 131 Å². The predicted octanol–water partition coefficient (Wildman–Crippen LogP) is 8.44. The van der Waals surface area contributed by atoms with Gasteiger partial charge < -0.3 is 19.7 Å². The van der Waals surface area contributed by atoms with Gasteiger partial charge in [-0.05, 0) is 89.4 Å². The highest BCUT2D eigenvalue weighted by molar-refractivity contribution is 5.80. The third kappa shape index (κ3) is 14.1. The number of aliphatic hydroxyl groups excluding tert-OH is 2. The number of ether oxygens (including phenoxy) is 2.